The highest BCUT2D eigenvalue weighted by Crippen LogP contribution is 2.19. The SMILES string of the molecule is CN(C)c1ccc(N=Nc2ncn(C)[n+]2C)cc1. The molecule has 0 saturated heterocycles. The van der Waals surface area contributed by atoms with E-state index in [0.717, 1.165) is 11.4 Å². The first-order valence-electron chi connectivity index (χ1n) is 5.64. The van der Waals surface area contributed by atoms with Gasteiger partial charge in [-0.3, -0.25) is 0 Å². The van der Waals surface area contributed by atoms with Crippen molar-refractivity contribution in [3.05, 3.63) is 30.6 Å². The fourth-order valence-electron chi connectivity index (χ4n) is 1.45. The topological polar surface area (TPSA) is 49.7 Å². The van der Waals surface area contributed by atoms with Crippen LogP contribution in [0.15, 0.2) is 40.8 Å². The van der Waals surface area contributed by atoms with Crippen LogP contribution in [0.3, 0.4) is 0 Å². The third-order valence-electron chi connectivity index (χ3n) is 2.72. The van der Waals surface area contributed by atoms with E-state index in [0.29, 0.717) is 5.95 Å². The van der Waals surface area contributed by atoms with Gasteiger partial charge in [-0.15, -0.1) is 0 Å². The number of hydrogen-bond acceptors (Lipinski definition) is 4. The van der Waals surface area contributed by atoms with Gasteiger partial charge in [-0.1, -0.05) is 10.1 Å². The Morgan fingerprint density at radius 3 is 2.33 bits per heavy atom. The Morgan fingerprint density at radius 2 is 1.83 bits per heavy atom. The lowest BCUT2D eigenvalue weighted by Crippen LogP contribution is -2.36. The summed E-state index contributed by atoms with van der Waals surface area (Å²) in [6, 6.07) is 7.88. The van der Waals surface area contributed by atoms with Gasteiger partial charge in [-0.2, -0.15) is 4.68 Å². The molecular weight excluding hydrogens is 228 g/mol. The lowest BCUT2D eigenvalue weighted by Gasteiger charge is -2.11. The molecule has 0 atom stereocenters. The maximum Gasteiger partial charge on any atom is 0.474 e. The monoisotopic (exact) mass is 245 g/mol. The van der Waals surface area contributed by atoms with Gasteiger partial charge in [0.15, 0.2) is 0 Å². The van der Waals surface area contributed by atoms with Crippen molar-refractivity contribution < 1.29 is 4.68 Å². The normalized spacial score (nSPS) is 11.1. The van der Waals surface area contributed by atoms with E-state index in [1.807, 2.05) is 66.7 Å². The Hall–Kier alpha value is -2.24. The largest absolute Gasteiger partial charge is 0.474 e. The molecule has 18 heavy (non-hydrogen) atoms. The minimum absolute atomic E-state index is 0.578. The van der Waals surface area contributed by atoms with Crippen molar-refractivity contribution in [1.82, 2.24) is 9.67 Å². The molecule has 0 aliphatic heterocycles. The Kier molecular flexibility index (Phi) is 3.36. The van der Waals surface area contributed by atoms with Crippen LogP contribution in [0.2, 0.25) is 0 Å². The van der Waals surface area contributed by atoms with Crippen LogP contribution in [0.1, 0.15) is 0 Å². The van der Waals surface area contributed by atoms with E-state index in [9.17, 15) is 0 Å². The van der Waals surface area contributed by atoms with Gasteiger partial charge >= 0.3 is 5.95 Å². The van der Waals surface area contributed by atoms with E-state index < -0.39 is 0 Å². The molecular formula is C12H17N6+. The molecule has 0 N–H and O–H groups in total. The molecule has 2 rings (SSSR count). The number of benzene rings is 1. The Morgan fingerprint density at radius 1 is 1.17 bits per heavy atom. The molecule has 2 aromatic rings. The van der Waals surface area contributed by atoms with Gasteiger partial charge in [0.25, 0.3) is 0 Å². The Labute approximate surface area is 106 Å². The van der Waals surface area contributed by atoms with Crippen LogP contribution in [0.25, 0.3) is 0 Å². The van der Waals surface area contributed by atoms with Crippen molar-refractivity contribution in [2.24, 2.45) is 24.3 Å². The number of anilines is 1. The molecule has 0 fully saturated rings. The highest BCUT2D eigenvalue weighted by Gasteiger charge is 2.11. The fourth-order valence-corrected chi connectivity index (χ4v) is 1.45. The van der Waals surface area contributed by atoms with Gasteiger partial charge in [-0.25, -0.2) is 4.68 Å². The molecule has 0 bridgehead atoms. The highest BCUT2D eigenvalue weighted by molar-refractivity contribution is 5.51. The van der Waals surface area contributed by atoms with E-state index in [1.165, 1.54) is 0 Å². The van der Waals surface area contributed by atoms with Gasteiger partial charge < -0.3 is 4.90 Å². The first-order valence-corrected chi connectivity index (χ1v) is 5.64. The average Bonchev–Trinajstić information content (AvgIpc) is 2.68. The van der Waals surface area contributed by atoms with Crippen molar-refractivity contribution in [2.45, 2.75) is 0 Å². The van der Waals surface area contributed by atoms with Gasteiger partial charge in [0.05, 0.1) is 12.2 Å². The molecule has 0 saturated carbocycles. The Bertz CT molecular complexity index is 552. The third kappa shape index (κ3) is 2.53. The van der Waals surface area contributed by atoms with E-state index in [1.54, 1.807) is 6.33 Å². The van der Waals surface area contributed by atoms with Crippen molar-refractivity contribution >= 4 is 17.3 Å². The summed E-state index contributed by atoms with van der Waals surface area (Å²) in [6.45, 7) is 0. The molecule has 0 spiro atoms. The van der Waals surface area contributed by atoms with E-state index in [2.05, 4.69) is 15.2 Å². The van der Waals surface area contributed by atoms with Crippen molar-refractivity contribution in [3.63, 3.8) is 0 Å². The number of aryl methyl sites for hydroxylation is 1. The summed E-state index contributed by atoms with van der Waals surface area (Å²) in [5.41, 5.74) is 1.95. The third-order valence-corrected chi connectivity index (χ3v) is 2.72. The first-order chi connectivity index (χ1) is 8.58. The summed E-state index contributed by atoms with van der Waals surface area (Å²) < 4.78 is 3.65. The van der Waals surface area contributed by atoms with Crippen molar-refractivity contribution in [1.29, 1.82) is 0 Å². The number of rotatable bonds is 3. The fraction of sp³-hybridized carbons (Fsp3) is 0.333. The first kappa shape index (κ1) is 12.2. The van der Waals surface area contributed by atoms with Gasteiger partial charge in [-0.05, 0) is 24.3 Å². The number of hydrogen-bond donors (Lipinski definition) is 0. The molecule has 0 amide bonds. The molecule has 0 aliphatic carbocycles. The second-order valence-electron chi connectivity index (χ2n) is 4.25. The summed E-state index contributed by atoms with van der Waals surface area (Å²) in [5, 5.41) is 8.27. The molecule has 0 aliphatic rings. The molecule has 1 aromatic carbocycles. The van der Waals surface area contributed by atoms with Crippen LogP contribution in [-0.2, 0) is 14.1 Å². The molecule has 94 valence electrons. The van der Waals surface area contributed by atoms with Crippen molar-refractivity contribution in [2.75, 3.05) is 19.0 Å². The zero-order valence-corrected chi connectivity index (χ0v) is 11.1. The van der Waals surface area contributed by atoms with E-state index in [4.69, 9.17) is 0 Å². The minimum atomic E-state index is 0.578. The van der Waals surface area contributed by atoms with Crippen LogP contribution < -0.4 is 9.58 Å². The standard InChI is InChI=1S/C12H17N6/c1-16(2)11-7-5-10(6-8-11)14-15-12-13-9-17(3)18(12)4/h5-9H,1-4H3/q+1. The van der Waals surface area contributed by atoms with Crippen LogP contribution in [-0.4, -0.2) is 23.8 Å². The average molecular weight is 245 g/mol. The molecule has 6 heteroatoms. The van der Waals surface area contributed by atoms with Gasteiger partial charge in [0, 0.05) is 26.8 Å². The second kappa shape index (κ2) is 4.95. The molecule has 0 unspecified atom stereocenters. The Balaban J connectivity index is 2.16. The van der Waals surface area contributed by atoms with Crippen LogP contribution in [0.4, 0.5) is 17.3 Å². The summed E-state index contributed by atoms with van der Waals surface area (Å²) in [4.78, 5) is 6.17. The molecule has 1 aromatic heterocycles. The molecule has 0 radical (unpaired) electrons. The van der Waals surface area contributed by atoms with Crippen LogP contribution >= 0.6 is 0 Å². The smallest absolute Gasteiger partial charge is 0.378 e. The lowest BCUT2D eigenvalue weighted by atomic mass is 10.3. The summed E-state index contributed by atoms with van der Waals surface area (Å²) in [5.74, 6) is 0.578. The minimum Gasteiger partial charge on any atom is -0.378 e. The predicted molar refractivity (Wildman–Crippen MR) is 69.3 cm³/mol. The van der Waals surface area contributed by atoms with Gasteiger partial charge in [0.2, 0.25) is 6.33 Å². The van der Waals surface area contributed by atoms with Crippen molar-refractivity contribution in [3.8, 4) is 0 Å². The summed E-state index contributed by atoms with van der Waals surface area (Å²) in [7, 11) is 7.79. The summed E-state index contributed by atoms with van der Waals surface area (Å²) in [6.07, 6.45) is 1.70. The van der Waals surface area contributed by atoms with E-state index >= 15 is 0 Å². The quantitative estimate of drug-likeness (QED) is 0.610. The highest BCUT2D eigenvalue weighted by atomic mass is 15.5. The molecule has 6 nitrogen and oxygen atoms in total. The zero-order valence-electron chi connectivity index (χ0n) is 11.1. The lowest BCUT2D eigenvalue weighted by molar-refractivity contribution is -0.740. The number of azo groups is 1. The maximum absolute atomic E-state index is 4.16. The number of aromatic nitrogens is 3. The summed E-state index contributed by atoms with van der Waals surface area (Å²) >= 11 is 0. The van der Waals surface area contributed by atoms with Gasteiger partial charge in [0.1, 0.15) is 5.69 Å². The zero-order chi connectivity index (χ0) is 13.1. The van der Waals surface area contributed by atoms with E-state index in [-0.39, 0.29) is 0 Å². The molecule has 1 heterocycles. The maximum atomic E-state index is 4.16. The van der Waals surface area contributed by atoms with Crippen LogP contribution in [0, 0.1) is 0 Å². The van der Waals surface area contributed by atoms with Crippen LogP contribution in [0.5, 0.6) is 0 Å². The number of nitrogens with zero attached hydrogens (tertiary/aromatic N) is 6. The second-order valence-corrected chi connectivity index (χ2v) is 4.25. The predicted octanol–water partition coefficient (Wildman–Crippen LogP) is 1.73.